The first kappa shape index (κ1) is 1760. The number of hydrogen-bond donors (Lipinski definition) is 0. The Morgan fingerprint density at radius 2 is 0.222 bits per heavy atom. The zero-order valence-corrected chi connectivity index (χ0v) is 8.72. The summed E-state index contributed by atoms with van der Waals surface area (Å²) in [4.78, 5) is 0. The van der Waals surface area contributed by atoms with Crippen molar-refractivity contribution in [1.29, 1.82) is 0 Å². The van der Waals surface area contributed by atoms with E-state index in [0.29, 0.717) is 0 Å². The smallest absolute Gasteiger partial charge is 0.316 e. The Kier molecular flexibility index (Phi) is 147000. The van der Waals surface area contributed by atoms with Gasteiger partial charge >= 0.3 is 71.9 Å². The minimum atomic E-state index is 0. The number of hydrogen-bond acceptors (Lipinski definition) is 0. The third-order valence-corrected chi connectivity index (χ3v) is 0. The summed E-state index contributed by atoms with van der Waals surface area (Å²) in [5, 5.41) is 0. The molecule has 18 heteroatoms. The fourth-order valence-electron chi connectivity index (χ4n) is 0. The Balaban J connectivity index is 0. The van der Waals surface area contributed by atoms with Crippen LogP contribution in [-0.2, 0) is 0 Å². The van der Waals surface area contributed by atoms with Gasteiger partial charge in [-0.2, -0.15) is 0 Å². The van der Waals surface area contributed by atoms with E-state index < -0.39 is 0 Å². The molecule has 0 unspecified atom stereocenters. The molecular weight excluding hydrogens is 437 g/mol. The third-order valence-electron chi connectivity index (χ3n) is 0. The van der Waals surface area contributed by atoms with Crippen LogP contribution in [0.25, 0.3) is 0 Å². The summed E-state index contributed by atoms with van der Waals surface area (Å²) in [6, 6.07) is 0. The molecule has 0 spiro atoms. The van der Waals surface area contributed by atoms with E-state index in [1.807, 2.05) is 0 Å². The Morgan fingerprint density at radius 3 is 0.222 bits per heavy atom. The van der Waals surface area contributed by atoms with Crippen molar-refractivity contribution in [3.05, 3.63) is 0 Å². The fraction of sp³-hybridized carbons (Fsp3) is 0. The van der Waals surface area contributed by atoms with Gasteiger partial charge in [-0.1, -0.05) is 0 Å². The second kappa shape index (κ2) is 1500. The van der Waals surface area contributed by atoms with E-state index in [2.05, 4.69) is 0 Å². The summed E-state index contributed by atoms with van der Waals surface area (Å²) in [5.41, 5.74) is 0. The maximum atomic E-state index is 0. The predicted octanol–water partition coefficient (Wildman–Crippen LogP) is -13.8. The largest absolute Gasteiger partial charge is 0.316 e. The fourth-order valence-corrected chi connectivity index (χ4v) is 0. The molecule has 0 aliphatic rings. The minimum absolute atomic E-state index is 0. The molecule has 0 fully saturated rings. The zero-order valence-electron chi connectivity index (χ0n) is 7.91. The van der Waals surface area contributed by atoms with Crippen LogP contribution in [0.1, 0.15) is 0 Å². The van der Waals surface area contributed by atoms with E-state index in [9.17, 15) is 0 Å². The van der Waals surface area contributed by atoms with Crippen LogP contribution in [0.5, 0.6) is 0 Å². The van der Waals surface area contributed by atoms with Gasteiger partial charge in [-0.15, -0.1) is 12.4 Å². The van der Waals surface area contributed by atoms with Gasteiger partial charge in [-0.25, -0.2) is 0 Å². The van der Waals surface area contributed by atoms with E-state index in [-0.39, 0.29) is 166 Å². The molecule has 0 heterocycles. The number of rotatable bonds is 0. The van der Waals surface area contributed by atoms with Crippen molar-refractivity contribution in [2.24, 2.45) is 0 Å². The van der Waals surface area contributed by atoms with Crippen molar-refractivity contribution < 1.29 is 82.1 Å². The van der Waals surface area contributed by atoms with Crippen molar-refractivity contribution in [2.45, 2.75) is 0 Å². The molecule has 0 saturated heterocycles. The van der Waals surface area contributed by atoms with Gasteiger partial charge in [0, 0.05) is 0 Å². The normalized spacial score (nSPS) is 0. The van der Waals surface area contributed by atoms with Gasteiger partial charge in [0.2, 0.25) is 0 Å². The van der Waals surface area contributed by atoms with E-state index in [0.717, 1.165) is 0 Å². The molecule has 0 atom stereocenters. The van der Waals surface area contributed by atoms with Crippen LogP contribution >= 0.6 is 12.4 Å². The topological polar surface area (TPSA) is 472 Å². The molecule has 0 radical (unpaired) electrons. The molecule has 0 aromatic rings. The van der Waals surface area contributed by atoms with Crippen molar-refractivity contribution >= 4 is 84.3 Å². The molecule has 0 saturated carbocycles. The summed E-state index contributed by atoms with van der Waals surface area (Å²) in [7, 11) is 0. The third kappa shape index (κ3) is 1270. The van der Waals surface area contributed by atoms with Gasteiger partial charge in [-0.3, -0.25) is 0 Å². The SMILES string of the molecule is Cl.O.O.O.O.O.O.O.O.O.O.O.O.O.O.O.[BaH2].[MgH2]. The zero-order chi connectivity index (χ0) is 0. The molecule has 0 rings (SSSR count). The molecule has 0 bridgehead atoms. The van der Waals surface area contributed by atoms with Crippen LogP contribution in [0.2, 0.25) is 0 Å². The molecular formula is H35BaClMgO15. The molecule has 0 aromatic heterocycles. The van der Waals surface area contributed by atoms with Crippen LogP contribution in [-0.4, -0.2) is 154 Å². The van der Waals surface area contributed by atoms with Gasteiger partial charge in [0.15, 0.2) is 0 Å². The molecule has 0 aliphatic carbocycles. The van der Waals surface area contributed by atoms with Crippen molar-refractivity contribution in [2.75, 3.05) is 0 Å². The Bertz CT molecular complexity index is 16.5. The number of halogens is 1. The molecule has 0 amide bonds. The molecule has 0 aromatic carbocycles. The van der Waals surface area contributed by atoms with Gasteiger partial charge < -0.3 is 82.1 Å². The van der Waals surface area contributed by atoms with E-state index in [1.54, 1.807) is 0 Å². The predicted molar refractivity (Wildman–Crippen MR) is 78.5 cm³/mol. The minimum Gasteiger partial charge on any atom is 0.316 e. The van der Waals surface area contributed by atoms with Gasteiger partial charge in [0.25, 0.3) is 0 Å². The van der Waals surface area contributed by atoms with Crippen molar-refractivity contribution in [3.63, 3.8) is 0 Å². The van der Waals surface area contributed by atoms with Crippen LogP contribution in [0, 0.1) is 0 Å². The molecule has 30 N–H and O–H groups in total. The quantitative estimate of drug-likeness (QED) is 0.296. The van der Waals surface area contributed by atoms with Gasteiger partial charge in [-0.05, 0) is 0 Å². The Hall–Kier alpha value is 2.03. The first-order valence-corrected chi connectivity index (χ1v) is 0. The summed E-state index contributed by atoms with van der Waals surface area (Å²) in [6.07, 6.45) is 0. The summed E-state index contributed by atoms with van der Waals surface area (Å²) >= 11 is 0. The van der Waals surface area contributed by atoms with Gasteiger partial charge in [0.05, 0.1) is 0 Å². The van der Waals surface area contributed by atoms with E-state index in [4.69, 9.17) is 0 Å². The van der Waals surface area contributed by atoms with Crippen molar-refractivity contribution in [3.8, 4) is 0 Å². The summed E-state index contributed by atoms with van der Waals surface area (Å²) in [6.45, 7) is 0. The molecule has 18 heavy (non-hydrogen) atoms. The average molecular weight is 472 g/mol. The maximum absolute atomic E-state index is 0. The van der Waals surface area contributed by atoms with Gasteiger partial charge in [0.1, 0.15) is 0 Å². The van der Waals surface area contributed by atoms with Crippen LogP contribution < -0.4 is 0 Å². The molecule has 0 aliphatic heterocycles. The van der Waals surface area contributed by atoms with Crippen LogP contribution in [0.4, 0.5) is 0 Å². The molecule has 15 nitrogen and oxygen atoms in total. The first-order valence-electron chi connectivity index (χ1n) is 0. The standard InChI is InChI=1S/Ba.ClH.Mg.15H2O.4H/h;1H;;15*1H2;;;;. The first-order chi connectivity index (χ1) is 0. The Morgan fingerprint density at radius 1 is 0.222 bits per heavy atom. The molecule has 136 valence electrons. The van der Waals surface area contributed by atoms with Crippen LogP contribution in [0.3, 0.4) is 0 Å². The monoisotopic (exact) mass is 472 g/mol. The summed E-state index contributed by atoms with van der Waals surface area (Å²) in [5.74, 6) is 0. The second-order valence-corrected chi connectivity index (χ2v) is 0. The average Bonchev–Trinajstić information content (AvgIpc) is 0. The summed E-state index contributed by atoms with van der Waals surface area (Å²) < 4.78 is 0. The van der Waals surface area contributed by atoms with E-state index in [1.165, 1.54) is 0 Å². The maximum Gasteiger partial charge on any atom is 0.316 e. The second-order valence-electron chi connectivity index (χ2n) is 0. The van der Waals surface area contributed by atoms with E-state index >= 15 is 0 Å². The van der Waals surface area contributed by atoms with Crippen molar-refractivity contribution in [1.82, 2.24) is 0 Å². The Labute approximate surface area is 165 Å². The van der Waals surface area contributed by atoms with Crippen LogP contribution in [0.15, 0.2) is 0 Å².